The third-order valence-corrected chi connectivity index (χ3v) is 5.19. The third-order valence-electron chi connectivity index (χ3n) is 5.19. The molecule has 2 aliphatic rings. The summed E-state index contributed by atoms with van der Waals surface area (Å²) in [5.41, 5.74) is 11.9. The largest absolute Gasteiger partial charge is 0.398 e. The Morgan fingerprint density at radius 3 is 2.64 bits per heavy atom. The Morgan fingerprint density at radius 2 is 1.80 bits per heavy atom. The monoisotopic (exact) mass is 357 g/mol. The summed E-state index contributed by atoms with van der Waals surface area (Å²) in [4.78, 5) is 17.0. The number of benzene rings is 2. The molecule has 0 radical (unpaired) electrons. The molecule has 2 aromatic carbocycles. The first-order valence-electron chi connectivity index (χ1n) is 8.69. The van der Waals surface area contributed by atoms with Gasteiger partial charge in [0.2, 0.25) is 5.91 Å². The number of hydrogen-bond donors (Lipinski definition) is 1. The van der Waals surface area contributed by atoms with E-state index in [2.05, 4.69) is 35.2 Å². The second kappa shape index (κ2) is 7.36. The van der Waals surface area contributed by atoms with Crippen LogP contribution in [0.25, 0.3) is 0 Å². The molecule has 132 valence electrons. The van der Waals surface area contributed by atoms with E-state index in [1.165, 1.54) is 16.7 Å². The van der Waals surface area contributed by atoms with Gasteiger partial charge in [0.1, 0.15) is 0 Å². The van der Waals surface area contributed by atoms with Crippen molar-refractivity contribution in [2.75, 3.05) is 30.3 Å². The van der Waals surface area contributed by atoms with Crippen molar-refractivity contribution < 1.29 is 4.79 Å². The molecule has 1 amide bonds. The maximum Gasteiger partial charge on any atom is 0.242 e. The standard InChI is InChI=1S/C20H23N3O.ClH/c21-18-8-3-9-19-17(18)7-4-11-22(19)14-20(24)23-12-10-15-5-1-2-6-16(15)13-23;/h1-3,5-6,8-9H,4,7,10-14,21H2;1H. The molecule has 4 rings (SSSR count). The third kappa shape index (κ3) is 3.45. The van der Waals surface area contributed by atoms with Gasteiger partial charge in [-0.1, -0.05) is 30.3 Å². The first-order valence-corrected chi connectivity index (χ1v) is 8.69. The molecule has 5 heteroatoms. The Hall–Kier alpha value is -2.20. The van der Waals surface area contributed by atoms with Gasteiger partial charge in [-0.3, -0.25) is 4.79 Å². The minimum atomic E-state index is 0. The smallest absolute Gasteiger partial charge is 0.242 e. The van der Waals surface area contributed by atoms with E-state index in [1.807, 2.05) is 17.0 Å². The number of carbonyl (C=O) groups excluding carboxylic acids is 1. The number of carbonyl (C=O) groups is 1. The molecular formula is C20H24ClN3O. The lowest BCUT2D eigenvalue weighted by Gasteiger charge is -2.35. The van der Waals surface area contributed by atoms with E-state index in [-0.39, 0.29) is 18.3 Å². The van der Waals surface area contributed by atoms with Crippen molar-refractivity contribution in [2.45, 2.75) is 25.8 Å². The van der Waals surface area contributed by atoms with Gasteiger partial charge in [0.05, 0.1) is 6.54 Å². The number of fused-ring (bicyclic) bond motifs is 2. The van der Waals surface area contributed by atoms with E-state index < -0.39 is 0 Å². The quantitative estimate of drug-likeness (QED) is 0.840. The fraction of sp³-hybridized carbons (Fsp3) is 0.350. The molecule has 0 spiro atoms. The summed E-state index contributed by atoms with van der Waals surface area (Å²) >= 11 is 0. The molecule has 0 saturated carbocycles. The van der Waals surface area contributed by atoms with E-state index in [0.717, 1.165) is 50.3 Å². The average molecular weight is 358 g/mol. The first-order chi connectivity index (χ1) is 11.7. The van der Waals surface area contributed by atoms with Crippen LogP contribution >= 0.6 is 12.4 Å². The van der Waals surface area contributed by atoms with Gasteiger partial charge in [-0.25, -0.2) is 0 Å². The zero-order valence-corrected chi connectivity index (χ0v) is 15.1. The average Bonchev–Trinajstić information content (AvgIpc) is 2.62. The Morgan fingerprint density at radius 1 is 1.00 bits per heavy atom. The van der Waals surface area contributed by atoms with Gasteiger partial charge in [-0.15, -0.1) is 12.4 Å². The van der Waals surface area contributed by atoms with Crippen LogP contribution in [-0.2, 0) is 24.2 Å². The number of nitrogens with two attached hydrogens (primary N) is 1. The molecule has 0 aliphatic carbocycles. The van der Waals surface area contributed by atoms with E-state index in [0.29, 0.717) is 6.54 Å². The van der Waals surface area contributed by atoms with Crippen molar-refractivity contribution in [1.82, 2.24) is 4.90 Å². The molecule has 0 fully saturated rings. The minimum Gasteiger partial charge on any atom is -0.398 e. The Bertz CT molecular complexity index is 777. The van der Waals surface area contributed by atoms with E-state index >= 15 is 0 Å². The number of rotatable bonds is 2. The number of amides is 1. The predicted molar refractivity (Wildman–Crippen MR) is 104 cm³/mol. The van der Waals surface area contributed by atoms with Gasteiger partial charge < -0.3 is 15.5 Å². The second-order valence-electron chi connectivity index (χ2n) is 6.70. The highest BCUT2D eigenvalue weighted by atomic mass is 35.5. The molecule has 2 aromatic rings. The summed E-state index contributed by atoms with van der Waals surface area (Å²) in [6.45, 7) is 2.91. The summed E-state index contributed by atoms with van der Waals surface area (Å²) in [5, 5.41) is 0. The Kier molecular flexibility index (Phi) is 5.19. The van der Waals surface area contributed by atoms with Gasteiger partial charge in [0.15, 0.2) is 0 Å². The molecule has 0 bridgehead atoms. The summed E-state index contributed by atoms with van der Waals surface area (Å²) in [7, 11) is 0. The van der Waals surface area contributed by atoms with E-state index in [1.54, 1.807) is 0 Å². The summed E-state index contributed by atoms with van der Waals surface area (Å²) in [5.74, 6) is 0.208. The van der Waals surface area contributed by atoms with Crippen LogP contribution in [0.4, 0.5) is 11.4 Å². The van der Waals surface area contributed by atoms with Crippen LogP contribution in [0.3, 0.4) is 0 Å². The SMILES string of the molecule is Cl.Nc1cccc2c1CCCN2CC(=O)N1CCc2ccccc2C1. The molecule has 2 heterocycles. The van der Waals surface area contributed by atoms with Crippen LogP contribution in [0.1, 0.15) is 23.1 Å². The molecule has 2 aliphatic heterocycles. The lowest BCUT2D eigenvalue weighted by atomic mass is 9.99. The second-order valence-corrected chi connectivity index (χ2v) is 6.70. The van der Waals surface area contributed by atoms with Crippen molar-refractivity contribution in [2.24, 2.45) is 0 Å². The summed E-state index contributed by atoms with van der Waals surface area (Å²) in [6.07, 6.45) is 3.01. The number of nitrogen functional groups attached to an aromatic ring is 1. The molecule has 0 saturated heterocycles. The zero-order valence-electron chi connectivity index (χ0n) is 14.3. The van der Waals surface area contributed by atoms with Crippen molar-refractivity contribution in [3.63, 3.8) is 0 Å². The topological polar surface area (TPSA) is 49.6 Å². The van der Waals surface area contributed by atoms with Crippen LogP contribution in [0, 0.1) is 0 Å². The summed E-state index contributed by atoms with van der Waals surface area (Å²) < 4.78 is 0. The van der Waals surface area contributed by atoms with Gasteiger partial charge in [-0.2, -0.15) is 0 Å². The van der Waals surface area contributed by atoms with Crippen LogP contribution < -0.4 is 10.6 Å². The lowest BCUT2D eigenvalue weighted by molar-refractivity contribution is -0.130. The number of halogens is 1. The van der Waals surface area contributed by atoms with Crippen LogP contribution in [-0.4, -0.2) is 30.4 Å². The molecule has 0 unspecified atom stereocenters. The lowest BCUT2D eigenvalue weighted by Crippen LogP contribution is -2.44. The van der Waals surface area contributed by atoms with Crippen LogP contribution in [0.5, 0.6) is 0 Å². The molecule has 25 heavy (non-hydrogen) atoms. The highest BCUT2D eigenvalue weighted by Crippen LogP contribution is 2.31. The first kappa shape index (κ1) is 17.6. The maximum atomic E-state index is 12.8. The fourth-order valence-corrected chi connectivity index (χ4v) is 3.86. The van der Waals surface area contributed by atoms with E-state index in [4.69, 9.17) is 5.73 Å². The Labute approximate surface area is 155 Å². The normalized spacial score (nSPS) is 15.8. The van der Waals surface area contributed by atoms with Crippen molar-refractivity contribution in [3.8, 4) is 0 Å². The van der Waals surface area contributed by atoms with Gasteiger partial charge in [-0.05, 0) is 48.1 Å². The van der Waals surface area contributed by atoms with Gasteiger partial charge in [0, 0.05) is 31.0 Å². The van der Waals surface area contributed by atoms with Crippen molar-refractivity contribution in [3.05, 3.63) is 59.2 Å². The van der Waals surface area contributed by atoms with Gasteiger partial charge in [0.25, 0.3) is 0 Å². The highest BCUT2D eigenvalue weighted by Gasteiger charge is 2.25. The minimum absolute atomic E-state index is 0. The highest BCUT2D eigenvalue weighted by molar-refractivity contribution is 5.85. The zero-order chi connectivity index (χ0) is 16.5. The number of anilines is 2. The molecular weight excluding hydrogens is 334 g/mol. The fourth-order valence-electron chi connectivity index (χ4n) is 3.86. The van der Waals surface area contributed by atoms with Crippen LogP contribution in [0.15, 0.2) is 42.5 Å². The van der Waals surface area contributed by atoms with Crippen LogP contribution in [0.2, 0.25) is 0 Å². The van der Waals surface area contributed by atoms with Gasteiger partial charge >= 0.3 is 0 Å². The van der Waals surface area contributed by atoms with Crippen molar-refractivity contribution in [1.29, 1.82) is 0 Å². The number of hydrogen-bond acceptors (Lipinski definition) is 3. The predicted octanol–water partition coefficient (Wildman–Crippen LogP) is 3.03. The molecule has 0 aromatic heterocycles. The molecule has 2 N–H and O–H groups in total. The van der Waals surface area contributed by atoms with E-state index in [9.17, 15) is 4.79 Å². The summed E-state index contributed by atoms with van der Waals surface area (Å²) in [6, 6.07) is 14.4. The maximum absolute atomic E-state index is 12.8. The van der Waals surface area contributed by atoms with Crippen molar-refractivity contribution >= 4 is 29.7 Å². The number of nitrogens with zero attached hydrogens (tertiary/aromatic N) is 2. The molecule has 0 atom stereocenters. The molecule has 4 nitrogen and oxygen atoms in total. The Balaban J connectivity index is 0.00000182.